The fourth-order valence-electron chi connectivity index (χ4n) is 3.21. The van der Waals surface area contributed by atoms with E-state index in [-0.39, 0.29) is 23.7 Å². The van der Waals surface area contributed by atoms with E-state index in [2.05, 4.69) is 10.3 Å². The lowest BCUT2D eigenvalue weighted by molar-refractivity contribution is 0.0739. The second kappa shape index (κ2) is 10.3. The Bertz CT molecular complexity index is 1030. The largest absolute Gasteiger partial charge is 0.349 e. The smallest absolute Gasteiger partial charge is 0.270 e. The van der Waals surface area contributed by atoms with E-state index in [9.17, 15) is 14.0 Å². The van der Waals surface area contributed by atoms with Crippen molar-refractivity contribution in [3.8, 4) is 0 Å². The van der Waals surface area contributed by atoms with Gasteiger partial charge in [0.25, 0.3) is 11.8 Å². The zero-order chi connectivity index (χ0) is 22.4. The lowest BCUT2D eigenvalue weighted by Crippen LogP contribution is -2.32. The van der Waals surface area contributed by atoms with Gasteiger partial charge in [0.15, 0.2) is 0 Å². The van der Waals surface area contributed by atoms with Crippen LogP contribution in [0.2, 0.25) is 0 Å². The SMILES string of the molecule is CCCN(Cc1cccn1Cc1nc(C(=O)NC(C)C)cs1)C(=O)c1ccc(F)cc1. The molecule has 2 aromatic heterocycles. The van der Waals surface area contributed by atoms with Crippen LogP contribution in [0.3, 0.4) is 0 Å². The van der Waals surface area contributed by atoms with E-state index in [1.54, 1.807) is 10.3 Å². The number of hydrogen-bond donors (Lipinski definition) is 1. The van der Waals surface area contributed by atoms with Gasteiger partial charge in [-0.1, -0.05) is 6.92 Å². The molecule has 2 heterocycles. The highest BCUT2D eigenvalue weighted by Gasteiger charge is 2.18. The summed E-state index contributed by atoms with van der Waals surface area (Å²) >= 11 is 1.44. The average molecular weight is 443 g/mol. The molecule has 0 atom stereocenters. The summed E-state index contributed by atoms with van der Waals surface area (Å²) in [4.78, 5) is 31.3. The van der Waals surface area contributed by atoms with Crippen molar-refractivity contribution >= 4 is 23.2 Å². The minimum Gasteiger partial charge on any atom is -0.349 e. The molecule has 3 rings (SSSR count). The maximum absolute atomic E-state index is 13.2. The van der Waals surface area contributed by atoms with Crippen molar-refractivity contribution in [1.29, 1.82) is 0 Å². The predicted octanol–water partition coefficient (Wildman–Crippen LogP) is 4.32. The van der Waals surface area contributed by atoms with Crippen LogP contribution in [0.1, 0.15) is 58.7 Å². The number of nitrogens with zero attached hydrogens (tertiary/aromatic N) is 3. The molecule has 31 heavy (non-hydrogen) atoms. The normalized spacial score (nSPS) is 11.0. The Morgan fingerprint density at radius 2 is 1.97 bits per heavy atom. The number of carbonyl (C=O) groups is 2. The molecule has 0 aliphatic carbocycles. The van der Waals surface area contributed by atoms with Gasteiger partial charge in [-0.15, -0.1) is 11.3 Å². The predicted molar refractivity (Wildman–Crippen MR) is 120 cm³/mol. The Labute approximate surface area is 185 Å². The first-order valence-corrected chi connectivity index (χ1v) is 11.2. The molecule has 0 aliphatic heterocycles. The summed E-state index contributed by atoms with van der Waals surface area (Å²) in [5, 5.41) is 5.42. The number of aromatic nitrogens is 2. The van der Waals surface area contributed by atoms with Crippen LogP contribution in [0.5, 0.6) is 0 Å². The third kappa shape index (κ3) is 6.01. The summed E-state index contributed by atoms with van der Waals surface area (Å²) in [6.07, 6.45) is 2.76. The van der Waals surface area contributed by atoms with E-state index in [1.807, 2.05) is 43.7 Å². The van der Waals surface area contributed by atoms with Gasteiger partial charge in [-0.25, -0.2) is 9.37 Å². The summed E-state index contributed by atoms with van der Waals surface area (Å²) in [6.45, 7) is 7.39. The van der Waals surface area contributed by atoms with Crippen LogP contribution in [0, 0.1) is 5.82 Å². The van der Waals surface area contributed by atoms with E-state index in [0.717, 1.165) is 17.1 Å². The summed E-state index contributed by atoms with van der Waals surface area (Å²) in [6, 6.07) is 9.59. The standard InChI is InChI=1S/C23H27FN4O2S/c1-4-11-28(23(30)17-7-9-18(24)10-8-17)13-19-6-5-12-27(19)14-21-26-20(15-31-21)22(29)25-16(2)3/h5-10,12,15-16H,4,11,13-14H2,1-3H3,(H,25,29). The Morgan fingerprint density at radius 3 is 2.65 bits per heavy atom. The van der Waals surface area contributed by atoms with E-state index in [4.69, 9.17) is 0 Å². The Balaban J connectivity index is 1.72. The number of hydrogen-bond acceptors (Lipinski definition) is 4. The monoisotopic (exact) mass is 442 g/mol. The maximum atomic E-state index is 13.2. The zero-order valence-corrected chi connectivity index (χ0v) is 18.8. The minimum absolute atomic E-state index is 0.0527. The molecular weight excluding hydrogens is 415 g/mol. The van der Waals surface area contributed by atoms with Crippen molar-refractivity contribution < 1.29 is 14.0 Å². The van der Waals surface area contributed by atoms with Crippen molar-refractivity contribution in [3.63, 3.8) is 0 Å². The number of carbonyl (C=O) groups excluding carboxylic acids is 2. The van der Waals surface area contributed by atoms with E-state index in [1.165, 1.54) is 35.6 Å². The number of amides is 2. The number of halogens is 1. The number of nitrogens with one attached hydrogen (secondary N) is 1. The molecule has 1 aromatic carbocycles. The number of thiazole rings is 1. The van der Waals surface area contributed by atoms with Crippen LogP contribution in [0.15, 0.2) is 48.0 Å². The molecular formula is C23H27FN4O2S. The third-order valence-corrected chi connectivity index (χ3v) is 5.49. The Kier molecular flexibility index (Phi) is 7.57. The Hall–Kier alpha value is -3.00. The molecule has 0 bridgehead atoms. The fraction of sp³-hybridized carbons (Fsp3) is 0.348. The van der Waals surface area contributed by atoms with Crippen molar-refractivity contribution in [3.05, 3.63) is 75.8 Å². The van der Waals surface area contributed by atoms with E-state index >= 15 is 0 Å². The van der Waals surface area contributed by atoms with Gasteiger partial charge in [-0.3, -0.25) is 9.59 Å². The van der Waals surface area contributed by atoms with Crippen LogP contribution >= 0.6 is 11.3 Å². The molecule has 0 fully saturated rings. The molecule has 2 amide bonds. The molecule has 0 saturated heterocycles. The first-order valence-electron chi connectivity index (χ1n) is 10.3. The molecule has 3 aromatic rings. The maximum Gasteiger partial charge on any atom is 0.270 e. The Morgan fingerprint density at radius 1 is 1.23 bits per heavy atom. The van der Waals surface area contributed by atoms with Crippen LogP contribution in [-0.2, 0) is 13.1 Å². The molecule has 1 N–H and O–H groups in total. The first kappa shape index (κ1) is 22.7. The average Bonchev–Trinajstić information content (AvgIpc) is 3.37. The van der Waals surface area contributed by atoms with Gasteiger partial charge in [0.05, 0.1) is 13.1 Å². The van der Waals surface area contributed by atoms with Crippen molar-refractivity contribution in [2.45, 2.75) is 46.3 Å². The lowest BCUT2D eigenvalue weighted by atomic mass is 10.2. The number of benzene rings is 1. The molecule has 164 valence electrons. The van der Waals surface area contributed by atoms with Crippen LogP contribution in [0.25, 0.3) is 0 Å². The second-order valence-corrected chi connectivity index (χ2v) is 8.56. The molecule has 0 radical (unpaired) electrons. The van der Waals surface area contributed by atoms with Crippen LogP contribution < -0.4 is 5.32 Å². The van der Waals surface area contributed by atoms with E-state index in [0.29, 0.717) is 30.9 Å². The van der Waals surface area contributed by atoms with Crippen molar-refractivity contribution in [2.75, 3.05) is 6.54 Å². The highest BCUT2D eigenvalue weighted by molar-refractivity contribution is 7.09. The quantitative estimate of drug-likeness (QED) is 0.537. The topological polar surface area (TPSA) is 67.2 Å². The molecule has 6 nitrogen and oxygen atoms in total. The summed E-state index contributed by atoms with van der Waals surface area (Å²) in [5.74, 6) is -0.668. The molecule has 0 saturated carbocycles. The first-order chi connectivity index (χ1) is 14.9. The van der Waals surface area contributed by atoms with Crippen LogP contribution in [-0.4, -0.2) is 38.9 Å². The summed E-state index contributed by atoms with van der Waals surface area (Å²) in [5.41, 5.74) is 1.85. The second-order valence-electron chi connectivity index (χ2n) is 7.62. The van der Waals surface area contributed by atoms with Gasteiger partial charge in [0, 0.05) is 35.4 Å². The third-order valence-electron chi connectivity index (χ3n) is 4.66. The molecule has 0 spiro atoms. The van der Waals surface area contributed by atoms with Gasteiger partial charge in [0.1, 0.15) is 16.5 Å². The molecule has 0 aliphatic rings. The van der Waals surface area contributed by atoms with Gasteiger partial charge in [-0.05, 0) is 56.7 Å². The highest BCUT2D eigenvalue weighted by Crippen LogP contribution is 2.16. The minimum atomic E-state index is -0.364. The molecule has 0 unspecified atom stereocenters. The van der Waals surface area contributed by atoms with E-state index < -0.39 is 0 Å². The number of rotatable bonds is 9. The van der Waals surface area contributed by atoms with Gasteiger partial charge in [-0.2, -0.15) is 0 Å². The van der Waals surface area contributed by atoms with Gasteiger partial charge in [0.2, 0.25) is 0 Å². The summed E-state index contributed by atoms with van der Waals surface area (Å²) < 4.78 is 15.3. The highest BCUT2D eigenvalue weighted by atomic mass is 32.1. The van der Waals surface area contributed by atoms with Gasteiger partial charge >= 0.3 is 0 Å². The molecule has 8 heteroatoms. The van der Waals surface area contributed by atoms with Crippen LogP contribution in [0.4, 0.5) is 4.39 Å². The van der Waals surface area contributed by atoms with Gasteiger partial charge < -0.3 is 14.8 Å². The van der Waals surface area contributed by atoms with Crippen molar-refractivity contribution in [1.82, 2.24) is 19.8 Å². The summed E-state index contributed by atoms with van der Waals surface area (Å²) in [7, 11) is 0. The fourth-order valence-corrected chi connectivity index (χ4v) is 3.98. The zero-order valence-electron chi connectivity index (χ0n) is 18.0. The van der Waals surface area contributed by atoms with Crippen molar-refractivity contribution in [2.24, 2.45) is 0 Å². The lowest BCUT2D eigenvalue weighted by Gasteiger charge is -2.23.